The predicted octanol–water partition coefficient (Wildman–Crippen LogP) is 0.905. The Balaban J connectivity index is 1.86. The van der Waals surface area contributed by atoms with Gasteiger partial charge in [-0.15, -0.1) is 0 Å². The SMILES string of the molecule is COc1cccc(C(CN)N2CCCC3C(=O)NCC32)c1. The van der Waals surface area contributed by atoms with Crippen molar-refractivity contribution in [3.63, 3.8) is 0 Å². The highest BCUT2D eigenvalue weighted by molar-refractivity contribution is 5.82. The van der Waals surface area contributed by atoms with Gasteiger partial charge in [-0.05, 0) is 37.1 Å². The monoisotopic (exact) mass is 289 g/mol. The van der Waals surface area contributed by atoms with Crippen LogP contribution in [-0.4, -0.2) is 43.6 Å². The third kappa shape index (κ3) is 2.63. The van der Waals surface area contributed by atoms with Gasteiger partial charge in [0.15, 0.2) is 0 Å². The highest BCUT2D eigenvalue weighted by Gasteiger charge is 2.43. The number of carbonyl (C=O) groups is 1. The van der Waals surface area contributed by atoms with E-state index in [1.165, 1.54) is 0 Å². The van der Waals surface area contributed by atoms with Crippen molar-refractivity contribution in [3.05, 3.63) is 29.8 Å². The molecule has 2 heterocycles. The van der Waals surface area contributed by atoms with Gasteiger partial charge in [-0.25, -0.2) is 0 Å². The topological polar surface area (TPSA) is 67.6 Å². The highest BCUT2D eigenvalue weighted by atomic mass is 16.5. The number of nitrogens with one attached hydrogen (secondary N) is 1. The molecule has 3 unspecified atom stereocenters. The number of rotatable bonds is 4. The van der Waals surface area contributed by atoms with Gasteiger partial charge in [0, 0.05) is 25.2 Å². The minimum Gasteiger partial charge on any atom is -0.497 e. The first-order chi connectivity index (χ1) is 10.2. The third-order valence-electron chi connectivity index (χ3n) is 4.75. The molecular formula is C16H23N3O2. The van der Waals surface area contributed by atoms with E-state index in [1.807, 2.05) is 18.2 Å². The molecule has 2 aliphatic rings. The lowest BCUT2D eigenvalue weighted by Crippen LogP contribution is -2.49. The fourth-order valence-electron chi connectivity index (χ4n) is 3.68. The number of likely N-dealkylation sites (tertiary alicyclic amines) is 1. The van der Waals surface area contributed by atoms with E-state index in [9.17, 15) is 4.79 Å². The lowest BCUT2D eigenvalue weighted by atomic mass is 9.89. The number of fused-ring (bicyclic) bond motifs is 1. The average Bonchev–Trinajstić information content (AvgIpc) is 2.91. The molecule has 0 spiro atoms. The van der Waals surface area contributed by atoms with E-state index in [2.05, 4.69) is 16.3 Å². The van der Waals surface area contributed by atoms with Crippen molar-refractivity contribution in [3.8, 4) is 5.75 Å². The summed E-state index contributed by atoms with van der Waals surface area (Å²) in [5, 5.41) is 3.00. The maximum absolute atomic E-state index is 11.9. The molecular weight excluding hydrogens is 266 g/mol. The van der Waals surface area contributed by atoms with Gasteiger partial charge < -0.3 is 15.8 Å². The van der Waals surface area contributed by atoms with Crippen molar-refractivity contribution in [1.82, 2.24) is 10.2 Å². The van der Waals surface area contributed by atoms with Crippen LogP contribution in [-0.2, 0) is 4.79 Å². The molecule has 3 N–H and O–H groups in total. The first-order valence-corrected chi connectivity index (χ1v) is 7.62. The number of piperidine rings is 1. The summed E-state index contributed by atoms with van der Waals surface area (Å²) in [6.07, 6.45) is 2.04. The summed E-state index contributed by atoms with van der Waals surface area (Å²) in [4.78, 5) is 14.3. The van der Waals surface area contributed by atoms with Crippen LogP contribution in [0.5, 0.6) is 5.75 Å². The molecule has 3 atom stereocenters. The molecule has 2 fully saturated rings. The number of nitrogens with two attached hydrogens (primary N) is 1. The van der Waals surface area contributed by atoms with E-state index in [0.29, 0.717) is 6.54 Å². The fraction of sp³-hybridized carbons (Fsp3) is 0.562. The highest BCUT2D eigenvalue weighted by Crippen LogP contribution is 2.34. The molecule has 114 valence electrons. The number of benzene rings is 1. The van der Waals surface area contributed by atoms with Crippen LogP contribution >= 0.6 is 0 Å². The van der Waals surface area contributed by atoms with Crippen LogP contribution in [0, 0.1) is 5.92 Å². The molecule has 5 nitrogen and oxygen atoms in total. The van der Waals surface area contributed by atoms with Crippen molar-refractivity contribution in [2.45, 2.75) is 24.9 Å². The van der Waals surface area contributed by atoms with Gasteiger partial charge in [0.1, 0.15) is 5.75 Å². The van der Waals surface area contributed by atoms with E-state index in [-0.39, 0.29) is 23.9 Å². The molecule has 1 amide bonds. The third-order valence-corrected chi connectivity index (χ3v) is 4.75. The minimum atomic E-state index is 0.124. The second kappa shape index (κ2) is 6.03. The lowest BCUT2D eigenvalue weighted by Gasteiger charge is -2.41. The quantitative estimate of drug-likeness (QED) is 0.864. The minimum absolute atomic E-state index is 0.124. The summed E-state index contributed by atoms with van der Waals surface area (Å²) in [6.45, 7) is 2.28. The van der Waals surface area contributed by atoms with Crippen LogP contribution in [0.3, 0.4) is 0 Å². The smallest absolute Gasteiger partial charge is 0.224 e. The number of ether oxygens (including phenoxy) is 1. The van der Waals surface area contributed by atoms with Gasteiger partial charge >= 0.3 is 0 Å². The zero-order chi connectivity index (χ0) is 14.8. The number of amides is 1. The van der Waals surface area contributed by atoms with Gasteiger partial charge in [-0.3, -0.25) is 9.69 Å². The molecule has 0 saturated carbocycles. The lowest BCUT2D eigenvalue weighted by molar-refractivity contribution is -0.124. The number of nitrogens with zero attached hydrogens (tertiary/aromatic N) is 1. The number of methoxy groups -OCH3 is 1. The number of hydrogen-bond donors (Lipinski definition) is 2. The first kappa shape index (κ1) is 14.4. The van der Waals surface area contributed by atoms with Crippen LogP contribution in [0.15, 0.2) is 24.3 Å². The molecule has 21 heavy (non-hydrogen) atoms. The molecule has 0 aliphatic carbocycles. The van der Waals surface area contributed by atoms with E-state index in [4.69, 9.17) is 10.5 Å². The van der Waals surface area contributed by atoms with Crippen LogP contribution in [0.1, 0.15) is 24.4 Å². The maximum Gasteiger partial charge on any atom is 0.224 e. The van der Waals surface area contributed by atoms with Crippen molar-refractivity contribution < 1.29 is 9.53 Å². The summed E-state index contributed by atoms with van der Waals surface area (Å²) < 4.78 is 5.31. The van der Waals surface area contributed by atoms with E-state index < -0.39 is 0 Å². The molecule has 3 rings (SSSR count). The zero-order valence-corrected chi connectivity index (χ0v) is 12.4. The normalized spacial score (nSPS) is 27.0. The summed E-state index contributed by atoms with van der Waals surface area (Å²) in [5.74, 6) is 1.17. The van der Waals surface area contributed by atoms with Crippen molar-refractivity contribution in [2.24, 2.45) is 11.7 Å². The van der Waals surface area contributed by atoms with Gasteiger partial charge in [0.25, 0.3) is 0 Å². The van der Waals surface area contributed by atoms with Crippen LogP contribution in [0.2, 0.25) is 0 Å². The summed E-state index contributed by atoms with van der Waals surface area (Å²) >= 11 is 0. The molecule has 0 bridgehead atoms. The van der Waals surface area contributed by atoms with Crippen LogP contribution in [0.4, 0.5) is 0 Å². The first-order valence-electron chi connectivity index (χ1n) is 7.62. The Labute approximate surface area is 125 Å². The second-order valence-corrected chi connectivity index (χ2v) is 5.83. The van der Waals surface area contributed by atoms with Crippen LogP contribution in [0.25, 0.3) is 0 Å². The molecule has 1 aromatic rings. The predicted molar refractivity (Wildman–Crippen MR) is 81.0 cm³/mol. The standard InChI is InChI=1S/C16H23N3O2/c1-21-12-5-2-4-11(8-12)14(9-17)19-7-3-6-13-15(19)10-18-16(13)20/h2,4-5,8,13-15H,3,6-7,9-10,17H2,1H3,(H,18,20). The van der Waals surface area contributed by atoms with E-state index >= 15 is 0 Å². The summed E-state index contributed by atoms with van der Waals surface area (Å²) in [7, 11) is 1.67. The zero-order valence-electron chi connectivity index (χ0n) is 12.4. The number of hydrogen-bond acceptors (Lipinski definition) is 4. The van der Waals surface area contributed by atoms with E-state index in [1.54, 1.807) is 7.11 Å². The van der Waals surface area contributed by atoms with Crippen molar-refractivity contribution in [2.75, 3.05) is 26.7 Å². The maximum atomic E-state index is 11.9. The van der Waals surface area contributed by atoms with Gasteiger partial charge in [-0.2, -0.15) is 0 Å². The molecule has 2 aliphatic heterocycles. The van der Waals surface area contributed by atoms with E-state index in [0.717, 1.165) is 37.2 Å². The van der Waals surface area contributed by atoms with Crippen molar-refractivity contribution >= 4 is 5.91 Å². The number of carbonyl (C=O) groups excluding carboxylic acids is 1. The Hall–Kier alpha value is -1.59. The molecule has 1 aromatic carbocycles. The molecule has 0 aromatic heterocycles. The van der Waals surface area contributed by atoms with Gasteiger partial charge in [0.05, 0.1) is 13.0 Å². The Morgan fingerprint density at radius 2 is 2.38 bits per heavy atom. The Kier molecular flexibility index (Phi) is 4.12. The average molecular weight is 289 g/mol. The molecule has 0 radical (unpaired) electrons. The summed E-state index contributed by atoms with van der Waals surface area (Å²) in [6, 6.07) is 8.48. The van der Waals surface area contributed by atoms with Crippen molar-refractivity contribution in [1.29, 1.82) is 0 Å². The largest absolute Gasteiger partial charge is 0.497 e. The molecule has 5 heteroatoms. The van der Waals surface area contributed by atoms with Crippen LogP contribution < -0.4 is 15.8 Å². The second-order valence-electron chi connectivity index (χ2n) is 5.83. The Bertz CT molecular complexity index is 520. The van der Waals surface area contributed by atoms with Gasteiger partial charge in [0.2, 0.25) is 5.91 Å². The Morgan fingerprint density at radius 1 is 1.52 bits per heavy atom. The molecule has 2 saturated heterocycles. The fourth-order valence-corrected chi connectivity index (χ4v) is 3.68. The summed E-state index contributed by atoms with van der Waals surface area (Å²) in [5.41, 5.74) is 7.22. The Morgan fingerprint density at radius 3 is 3.14 bits per heavy atom. The van der Waals surface area contributed by atoms with Gasteiger partial charge in [-0.1, -0.05) is 12.1 Å².